The molecule has 0 aliphatic carbocycles. The monoisotopic (exact) mass is 212 g/mol. The first-order valence-electron chi connectivity index (χ1n) is 4.64. The quantitative estimate of drug-likeness (QED) is 0.722. The molecule has 2 nitrogen and oxygen atoms in total. The Kier molecular flexibility index (Phi) is 4.11. The second kappa shape index (κ2) is 5.13. The standard InChI is InChI=1S/C11H14ClNO/c1-13(2)10(11(12)14)8-9-6-4-3-5-7-9/h3-7,10H,8H2,1-2H3/p+1/t10-/m0/s1. The molecule has 0 amide bonds. The van der Waals surface area contributed by atoms with Crippen LogP contribution in [0, 0.1) is 0 Å². The third-order valence-electron chi connectivity index (χ3n) is 2.25. The van der Waals surface area contributed by atoms with E-state index < -0.39 is 0 Å². The normalized spacial score (nSPS) is 12.9. The lowest BCUT2D eigenvalue weighted by Gasteiger charge is -2.17. The molecular formula is C11H15ClNO+. The minimum atomic E-state index is -0.270. The molecule has 0 heterocycles. The minimum absolute atomic E-state index is 0.154. The second-order valence-electron chi connectivity index (χ2n) is 3.62. The van der Waals surface area contributed by atoms with E-state index in [1.165, 1.54) is 0 Å². The molecule has 0 bridgehead atoms. The van der Waals surface area contributed by atoms with Crippen LogP contribution in [0.1, 0.15) is 5.56 Å². The van der Waals surface area contributed by atoms with Crippen molar-refractivity contribution in [2.45, 2.75) is 12.5 Å². The zero-order valence-electron chi connectivity index (χ0n) is 8.46. The first kappa shape index (κ1) is 11.2. The van der Waals surface area contributed by atoms with E-state index in [0.29, 0.717) is 6.42 Å². The molecule has 0 fully saturated rings. The molecule has 1 N–H and O–H groups in total. The van der Waals surface area contributed by atoms with Crippen molar-refractivity contribution < 1.29 is 9.69 Å². The summed E-state index contributed by atoms with van der Waals surface area (Å²) in [4.78, 5) is 12.2. The molecule has 1 rings (SSSR count). The maximum Gasteiger partial charge on any atom is 0.279 e. The third kappa shape index (κ3) is 3.13. The second-order valence-corrected chi connectivity index (χ2v) is 4.00. The van der Waals surface area contributed by atoms with Crippen LogP contribution < -0.4 is 4.90 Å². The molecule has 14 heavy (non-hydrogen) atoms. The number of quaternary nitrogens is 1. The van der Waals surface area contributed by atoms with Crippen molar-refractivity contribution in [1.29, 1.82) is 0 Å². The van der Waals surface area contributed by atoms with Gasteiger partial charge in [-0.3, -0.25) is 4.79 Å². The van der Waals surface area contributed by atoms with Crippen molar-refractivity contribution in [2.24, 2.45) is 0 Å². The van der Waals surface area contributed by atoms with Crippen molar-refractivity contribution in [3.63, 3.8) is 0 Å². The van der Waals surface area contributed by atoms with Gasteiger partial charge in [-0.25, -0.2) is 0 Å². The molecule has 0 unspecified atom stereocenters. The smallest absolute Gasteiger partial charge is 0.279 e. The summed E-state index contributed by atoms with van der Waals surface area (Å²) in [6.45, 7) is 0. The van der Waals surface area contributed by atoms with Crippen LogP contribution in [-0.4, -0.2) is 25.4 Å². The molecule has 1 aromatic rings. The van der Waals surface area contributed by atoms with Crippen molar-refractivity contribution in [3.8, 4) is 0 Å². The fourth-order valence-corrected chi connectivity index (χ4v) is 1.66. The van der Waals surface area contributed by atoms with E-state index in [1.807, 2.05) is 44.4 Å². The van der Waals surface area contributed by atoms with Crippen LogP contribution in [-0.2, 0) is 11.2 Å². The fourth-order valence-electron chi connectivity index (χ4n) is 1.36. The number of carbonyl (C=O) groups excluding carboxylic acids is 1. The summed E-state index contributed by atoms with van der Waals surface area (Å²) in [6.07, 6.45) is 0.700. The summed E-state index contributed by atoms with van der Waals surface area (Å²) >= 11 is 5.53. The van der Waals surface area contributed by atoms with Crippen molar-refractivity contribution in [2.75, 3.05) is 14.1 Å². The van der Waals surface area contributed by atoms with Gasteiger partial charge in [-0.2, -0.15) is 0 Å². The zero-order valence-corrected chi connectivity index (χ0v) is 9.21. The Hall–Kier alpha value is -0.860. The molecule has 0 aliphatic heterocycles. The van der Waals surface area contributed by atoms with Gasteiger partial charge in [0.1, 0.15) is 0 Å². The van der Waals surface area contributed by atoms with Gasteiger partial charge in [-0.1, -0.05) is 30.3 Å². The van der Waals surface area contributed by atoms with Crippen LogP contribution in [0.5, 0.6) is 0 Å². The summed E-state index contributed by atoms with van der Waals surface area (Å²) in [7, 11) is 3.88. The van der Waals surface area contributed by atoms with Crippen molar-refractivity contribution in [1.82, 2.24) is 0 Å². The van der Waals surface area contributed by atoms with Crippen molar-refractivity contribution in [3.05, 3.63) is 35.9 Å². The van der Waals surface area contributed by atoms with E-state index in [4.69, 9.17) is 11.6 Å². The number of carbonyl (C=O) groups is 1. The SMILES string of the molecule is C[NH+](C)[C@@H](Cc1ccccc1)C(=O)Cl. The Balaban J connectivity index is 2.70. The van der Waals surface area contributed by atoms with Gasteiger partial charge in [0.05, 0.1) is 14.1 Å². The summed E-state index contributed by atoms with van der Waals surface area (Å²) in [5, 5.41) is -0.270. The van der Waals surface area contributed by atoms with Gasteiger partial charge in [-0.05, 0) is 17.2 Å². The van der Waals surface area contributed by atoms with E-state index in [-0.39, 0.29) is 11.3 Å². The fraction of sp³-hybridized carbons (Fsp3) is 0.364. The molecule has 0 radical (unpaired) electrons. The molecule has 76 valence electrons. The largest absolute Gasteiger partial charge is 0.330 e. The van der Waals surface area contributed by atoms with E-state index in [0.717, 1.165) is 10.5 Å². The molecule has 0 aromatic heterocycles. The molecule has 0 spiro atoms. The number of hydrogen-bond donors (Lipinski definition) is 1. The van der Waals surface area contributed by atoms with Gasteiger partial charge >= 0.3 is 0 Å². The predicted octanol–water partition coefficient (Wildman–Crippen LogP) is 0.508. The summed E-state index contributed by atoms with van der Waals surface area (Å²) in [5.74, 6) is 0. The number of halogens is 1. The lowest BCUT2D eigenvalue weighted by Crippen LogP contribution is -3.11. The lowest BCUT2D eigenvalue weighted by molar-refractivity contribution is -0.874. The van der Waals surface area contributed by atoms with Gasteiger partial charge in [0.2, 0.25) is 0 Å². The number of benzene rings is 1. The topological polar surface area (TPSA) is 21.5 Å². The molecule has 3 heteroatoms. The number of rotatable bonds is 4. The third-order valence-corrected chi connectivity index (χ3v) is 2.52. The summed E-state index contributed by atoms with van der Waals surface area (Å²) in [6, 6.07) is 9.76. The first-order valence-corrected chi connectivity index (χ1v) is 5.02. The van der Waals surface area contributed by atoms with Gasteiger partial charge in [-0.15, -0.1) is 0 Å². The number of hydrogen-bond acceptors (Lipinski definition) is 1. The Bertz CT molecular complexity index is 297. The number of nitrogens with one attached hydrogen (secondary N) is 1. The molecule has 0 saturated carbocycles. The number of likely N-dealkylation sites (N-methyl/N-ethyl adjacent to an activating group) is 1. The van der Waals surface area contributed by atoms with Gasteiger partial charge in [0.25, 0.3) is 5.24 Å². The van der Waals surface area contributed by atoms with Crippen LogP contribution in [0.3, 0.4) is 0 Å². The maximum atomic E-state index is 11.1. The van der Waals surface area contributed by atoms with E-state index in [9.17, 15) is 4.79 Å². The van der Waals surface area contributed by atoms with Crippen LogP contribution in [0.4, 0.5) is 0 Å². The minimum Gasteiger partial charge on any atom is -0.330 e. The summed E-state index contributed by atoms with van der Waals surface area (Å²) < 4.78 is 0. The Morgan fingerprint density at radius 2 is 1.93 bits per heavy atom. The van der Waals surface area contributed by atoms with E-state index >= 15 is 0 Å². The van der Waals surface area contributed by atoms with E-state index in [2.05, 4.69) is 0 Å². The van der Waals surface area contributed by atoms with Gasteiger partial charge in [0, 0.05) is 6.42 Å². The average molecular weight is 213 g/mol. The first-order chi connectivity index (χ1) is 6.61. The zero-order chi connectivity index (χ0) is 10.6. The Labute approximate surface area is 89.5 Å². The maximum absolute atomic E-state index is 11.1. The Morgan fingerprint density at radius 1 is 1.36 bits per heavy atom. The van der Waals surface area contributed by atoms with Crippen LogP contribution in [0.15, 0.2) is 30.3 Å². The highest BCUT2D eigenvalue weighted by molar-refractivity contribution is 6.64. The predicted molar refractivity (Wildman–Crippen MR) is 57.6 cm³/mol. The molecule has 1 atom stereocenters. The molecule has 1 aromatic carbocycles. The Morgan fingerprint density at radius 3 is 2.36 bits per heavy atom. The highest BCUT2D eigenvalue weighted by Gasteiger charge is 2.22. The van der Waals surface area contributed by atoms with Crippen LogP contribution in [0.2, 0.25) is 0 Å². The molecule has 0 aliphatic rings. The highest BCUT2D eigenvalue weighted by Crippen LogP contribution is 2.03. The molecular weight excluding hydrogens is 198 g/mol. The van der Waals surface area contributed by atoms with E-state index in [1.54, 1.807) is 0 Å². The van der Waals surface area contributed by atoms with Crippen molar-refractivity contribution >= 4 is 16.8 Å². The summed E-state index contributed by atoms with van der Waals surface area (Å²) in [5.41, 5.74) is 1.15. The molecule has 0 saturated heterocycles. The van der Waals surface area contributed by atoms with Crippen LogP contribution >= 0.6 is 11.6 Å². The van der Waals surface area contributed by atoms with Gasteiger partial charge in [0.15, 0.2) is 6.04 Å². The highest BCUT2D eigenvalue weighted by atomic mass is 35.5. The van der Waals surface area contributed by atoms with Gasteiger partial charge < -0.3 is 4.90 Å². The lowest BCUT2D eigenvalue weighted by atomic mass is 10.1. The average Bonchev–Trinajstić information content (AvgIpc) is 2.15. The van der Waals surface area contributed by atoms with Crippen LogP contribution in [0.25, 0.3) is 0 Å².